The van der Waals surface area contributed by atoms with Gasteiger partial charge in [0.25, 0.3) is 5.91 Å². The summed E-state index contributed by atoms with van der Waals surface area (Å²) in [6.07, 6.45) is 0. The van der Waals surface area contributed by atoms with Crippen LogP contribution in [0.5, 0.6) is 0 Å². The van der Waals surface area contributed by atoms with Gasteiger partial charge in [0, 0.05) is 23.5 Å². The molecule has 0 atom stereocenters. The van der Waals surface area contributed by atoms with Crippen LogP contribution in [0.15, 0.2) is 42.5 Å². The topological polar surface area (TPSA) is 20.3 Å². The van der Waals surface area contributed by atoms with E-state index in [4.69, 9.17) is 0 Å². The van der Waals surface area contributed by atoms with Gasteiger partial charge in [0.05, 0.1) is 0 Å². The molecule has 0 unspecified atom stereocenters. The molecule has 0 aliphatic heterocycles. The molecule has 0 bridgehead atoms. The SMILES string of the molecule is CC(C)N(CCBr)C(=O)c1cccc2ccccc12. The Kier molecular flexibility index (Phi) is 4.59. The molecule has 0 aromatic heterocycles. The minimum absolute atomic E-state index is 0.103. The Labute approximate surface area is 122 Å². The van der Waals surface area contributed by atoms with E-state index in [1.807, 2.05) is 61.2 Å². The summed E-state index contributed by atoms with van der Waals surface area (Å²) in [4.78, 5) is 14.6. The molecule has 2 aromatic carbocycles. The van der Waals surface area contributed by atoms with Crippen LogP contribution in [0.25, 0.3) is 10.8 Å². The zero-order valence-electron chi connectivity index (χ0n) is 11.3. The summed E-state index contributed by atoms with van der Waals surface area (Å²) in [5.74, 6) is 0.103. The number of halogens is 1. The zero-order valence-corrected chi connectivity index (χ0v) is 12.9. The predicted octanol–water partition coefficient (Wildman–Crippen LogP) is 4.09. The normalized spacial score (nSPS) is 10.9. The first-order chi connectivity index (χ1) is 9.15. The summed E-state index contributed by atoms with van der Waals surface area (Å²) in [5, 5.41) is 2.92. The van der Waals surface area contributed by atoms with E-state index in [1.54, 1.807) is 0 Å². The van der Waals surface area contributed by atoms with Crippen LogP contribution in [-0.2, 0) is 0 Å². The molecular formula is C16H18BrNO. The van der Waals surface area contributed by atoms with E-state index in [-0.39, 0.29) is 11.9 Å². The van der Waals surface area contributed by atoms with Gasteiger partial charge in [-0.1, -0.05) is 52.3 Å². The van der Waals surface area contributed by atoms with E-state index in [0.717, 1.165) is 28.2 Å². The average molecular weight is 320 g/mol. The lowest BCUT2D eigenvalue weighted by Crippen LogP contribution is -2.38. The van der Waals surface area contributed by atoms with Crippen molar-refractivity contribution in [2.24, 2.45) is 0 Å². The van der Waals surface area contributed by atoms with Gasteiger partial charge in [-0.05, 0) is 30.7 Å². The lowest BCUT2D eigenvalue weighted by atomic mass is 10.0. The molecule has 0 fully saturated rings. The smallest absolute Gasteiger partial charge is 0.254 e. The Bertz CT molecular complexity index is 574. The second-order valence-electron chi connectivity index (χ2n) is 4.81. The largest absolute Gasteiger partial charge is 0.335 e. The van der Waals surface area contributed by atoms with Gasteiger partial charge in [-0.3, -0.25) is 4.79 Å². The van der Waals surface area contributed by atoms with E-state index in [1.165, 1.54) is 0 Å². The number of rotatable bonds is 4. The molecule has 0 saturated carbocycles. The van der Waals surface area contributed by atoms with Crippen LogP contribution in [0, 0.1) is 0 Å². The van der Waals surface area contributed by atoms with Crippen molar-refractivity contribution >= 4 is 32.6 Å². The average Bonchev–Trinajstić information content (AvgIpc) is 2.43. The third kappa shape index (κ3) is 2.98. The van der Waals surface area contributed by atoms with Gasteiger partial charge in [-0.15, -0.1) is 0 Å². The van der Waals surface area contributed by atoms with Crippen LogP contribution in [-0.4, -0.2) is 28.7 Å². The Morgan fingerprint density at radius 3 is 2.53 bits per heavy atom. The molecule has 0 spiro atoms. The molecule has 100 valence electrons. The van der Waals surface area contributed by atoms with Crippen LogP contribution in [0.3, 0.4) is 0 Å². The standard InChI is InChI=1S/C16H18BrNO/c1-12(2)18(11-10-17)16(19)15-9-5-7-13-6-3-4-8-14(13)15/h3-9,12H,10-11H2,1-2H3. The molecule has 19 heavy (non-hydrogen) atoms. The number of hydrogen-bond acceptors (Lipinski definition) is 1. The van der Waals surface area contributed by atoms with Gasteiger partial charge in [0.15, 0.2) is 0 Å². The molecule has 0 aliphatic rings. The van der Waals surface area contributed by atoms with Crippen molar-refractivity contribution in [1.82, 2.24) is 4.90 Å². The van der Waals surface area contributed by atoms with E-state index in [2.05, 4.69) is 15.9 Å². The summed E-state index contributed by atoms with van der Waals surface area (Å²) in [6.45, 7) is 4.82. The first kappa shape index (κ1) is 14.1. The summed E-state index contributed by atoms with van der Waals surface area (Å²) in [6, 6.07) is 14.1. The van der Waals surface area contributed by atoms with Crippen molar-refractivity contribution in [3.8, 4) is 0 Å². The molecule has 0 aliphatic carbocycles. The zero-order chi connectivity index (χ0) is 13.8. The van der Waals surface area contributed by atoms with Crippen molar-refractivity contribution in [2.45, 2.75) is 19.9 Å². The highest BCUT2D eigenvalue weighted by molar-refractivity contribution is 9.09. The lowest BCUT2D eigenvalue weighted by Gasteiger charge is -2.26. The lowest BCUT2D eigenvalue weighted by molar-refractivity contribution is 0.0721. The van der Waals surface area contributed by atoms with E-state index in [9.17, 15) is 4.79 Å². The number of alkyl halides is 1. The van der Waals surface area contributed by atoms with Gasteiger partial charge < -0.3 is 4.90 Å². The molecule has 1 amide bonds. The Morgan fingerprint density at radius 2 is 1.84 bits per heavy atom. The molecule has 2 nitrogen and oxygen atoms in total. The van der Waals surface area contributed by atoms with Crippen LogP contribution < -0.4 is 0 Å². The molecule has 0 saturated heterocycles. The Morgan fingerprint density at radius 1 is 1.16 bits per heavy atom. The Hall–Kier alpha value is -1.35. The number of nitrogens with zero attached hydrogens (tertiary/aromatic N) is 1. The van der Waals surface area contributed by atoms with Gasteiger partial charge >= 0.3 is 0 Å². The first-order valence-electron chi connectivity index (χ1n) is 6.50. The van der Waals surface area contributed by atoms with Gasteiger partial charge in [-0.25, -0.2) is 0 Å². The first-order valence-corrected chi connectivity index (χ1v) is 7.62. The molecule has 2 rings (SSSR count). The van der Waals surface area contributed by atoms with E-state index < -0.39 is 0 Å². The van der Waals surface area contributed by atoms with Crippen LogP contribution in [0.4, 0.5) is 0 Å². The van der Waals surface area contributed by atoms with Crippen molar-refractivity contribution in [1.29, 1.82) is 0 Å². The van der Waals surface area contributed by atoms with E-state index in [0.29, 0.717) is 0 Å². The molecule has 3 heteroatoms. The van der Waals surface area contributed by atoms with Crippen molar-refractivity contribution in [3.63, 3.8) is 0 Å². The monoisotopic (exact) mass is 319 g/mol. The van der Waals surface area contributed by atoms with Crippen molar-refractivity contribution in [3.05, 3.63) is 48.0 Å². The second kappa shape index (κ2) is 6.20. The van der Waals surface area contributed by atoms with Gasteiger partial charge in [-0.2, -0.15) is 0 Å². The highest BCUT2D eigenvalue weighted by atomic mass is 79.9. The van der Waals surface area contributed by atoms with E-state index >= 15 is 0 Å². The summed E-state index contributed by atoms with van der Waals surface area (Å²) in [7, 11) is 0. The number of carbonyl (C=O) groups is 1. The maximum atomic E-state index is 12.7. The molecule has 2 aromatic rings. The minimum Gasteiger partial charge on any atom is -0.335 e. The molecule has 0 radical (unpaired) electrons. The van der Waals surface area contributed by atoms with Crippen LogP contribution in [0.2, 0.25) is 0 Å². The highest BCUT2D eigenvalue weighted by Crippen LogP contribution is 2.20. The molecular weight excluding hydrogens is 302 g/mol. The van der Waals surface area contributed by atoms with Crippen molar-refractivity contribution < 1.29 is 4.79 Å². The number of fused-ring (bicyclic) bond motifs is 1. The summed E-state index contributed by atoms with van der Waals surface area (Å²) in [5.41, 5.74) is 0.785. The fraction of sp³-hybridized carbons (Fsp3) is 0.312. The third-order valence-corrected chi connectivity index (χ3v) is 3.58. The van der Waals surface area contributed by atoms with Gasteiger partial charge in [0.1, 0.15) is 0 Å². The third-order valence-electron chi connectivity index (χ3n) is 3.23. The second-order valence-corrected chi connectivity index (χ2v) is 5.60. The Balaban J connectivity index is 2.45. The maximum absolute atomic E-state index is 12.7. The minimum atomic E-state index is 0.103. The fourth-order valence-electron chi connectivity index (χ4n) is 2.25. The number of amides is 1. The fourth-order valence-corrected chi connectivity index (χ4v) is 2.63. The number of benzene rings is 2. The predicted molar refractivity (Wildman–Crippen MR) is 83.9 cm³/mol. The molecule has 0 N–H and O–H groups in total. The van der Waals surface area contributed by atoms with Gasteiger partial charge in [0.2, 0.25) is 0 Å². The van der Waals surface area contributed by atoms with Crippen LogP contribution in [0.1, 0.15) is 24.2 Å². The molecule has 0 heterocycles. The van der Waals surface area contributed by atoms with Crippen molar-refractivity contribution in [2.75, 3.05) is 11.9 Å². The summed E-state index contributed by atoms with van der Waals surface area (Å²) >= 11 is 3.42. The number of carbonyl (C=O) groups excluding carboxylic acids is 1. The summed E-state index contributed by atoms with van der Waals surface area (Å²) < 4.78 is 0. The quantitative estimate of drug-likeness (QED) is 0.777. The highest BCUT2D eigenvalue weighted by Gasteiger charge is 2.19. The van der Waals surface area contributed by atoms with Crippen LogP contribution >= 0.6 is 15.9 Å². The number of hydrogen-bond donors (Lipinski definition) is 0. The maximum Gasteiger partial charge on any atom is 0.254 e.